The molecule has 1 N–H and O–H groups in total. The van der Waals surface area contributed by atoms with Crippen LogP contribution < -0.4 is 5.32 Å². The van der Waals surface area contributed by atoms with E-state index in [9.17, 15) is 5.26 Å². The Hall–Kier alpha value is -0.630. The highest BCUT2D eigenvalue weighted by Gasteiger charge is 2.23. The van der Waals surface area contributed by atoms with Gasteiger partial charge in [-0.25, -0.2) is 0 Å². The molecule has 0 bridgehead atoms. The van der Waals surface area contributed by atoms with E-state index >= 15 is 0 Å². The van der Waals surface area contributed by atoms with Crippen molar-refractivity contribution in [3.63, 3.8) is 0 Å². The van der Waals surface area contributed by atoms with E-state index in [-0.39, 0.29) is 0 Å². The van der Waals surface area contributed by atoms with Crippen molar-refractivity contribution in [2.45, 2.75) is 38.6 Å². The molecule has 0 spiro atoms. The molecular formula is C14H27N3O. The first-order valence-electron chi connectivity index (χ1n) is 7.02. The molecule has 4 nitrogen and oxygen atoms in total. The van der Waals surface area contributed by atoms with Gasteiger partial charge in [0, 0.05) is 26.3 Å². The van der Waals surface area contributed by atoms with Crippen LogP contribution in [0.3, 0.4) is 0 Å². The summed E-state index contributed by atoms with van der Waals surface area (Å²) in [4.78, 5) is 2.35. The highest BCUT2D eigenvalue weighted by atomic mass is 16.5. The Morgan fingerprint density at radius 1 is 1.44 bits per heavy atom. The third-order valence-corrected chi connectivity index (χ3v) is 3.72. The van der Waals surface area contributed by atoms with Crippen LogP contribution >= 0.6 is 0 Å². The molecule has 1 rings (SSSR count). The molecule has 0 aliphatic carbocycles. The number of ether oxygens (including phenoxy) is 1. The van der Waals surface area contributed by atoms with Crippen molar-refractivity contribution in [1.29, 1.82) is 5.26 Å². The highest BCUT2D eigenvalue weighted by Crippen LogP contribution is 2.16. The zero-order valence-electron chi connectivity index (χ0n) is 12.0. The number of nitriles is 1. The fourth-order valence-corrected chi connectivity index (χ4v) is 2.45. The Balaban J connectivity index is 2.26. The molecule has 0 radical (unpaired) electrons. The lowest BCUT2D eigenvalue weighted by molar-refractivity contribution is 0.0551. The average Bonchev–Trinajstić information content (AvgIpc) is 2.38. The molecule has 0 saturated carbocycles. The first kappa shape index (κ1) is 15.4. The summed E-state index contributed by atoms with van der Waals surface area (Å²) >= 11 is 0. The molecular weight excluding hydrogens is 226 g/mol. The zero-order valence-corrected chi connectivity index (χ0v) is 12.0. The van der Waals surface area contributed by atoms with Gasteiger partial charge < -0.3 is 9.64 Å². The average molecular weight is 253 g/mol. The standard InChI is InChI=1S/C14H27N3O/c1-4-16-14(2,12-15)7-8-17(3)11-13-5-9-18-10-6-13/h13,16H,4-11H2,1-3H3. The molecule has 1 aliphatic heterocycles. The fraction of sp³-hybridized carbons (Fsp3) is 0.929. The largest absolute Gasteiger partial charge is 0.381 e. The number of hydrogen-bond acceptors (Lipinski definition) is 4. The van der Waals surface area contributed by atoms with Gasteiger partial charge in [-0.05, 0) is 45.7 Å². The van der Waals surface area contributed by atoms with E-state index in [4.69, 9.17) is 4.74 Å². The summed E-state index contributed by atoms with van der Waals surface area (Å²) in [5.74, 6) is 0.760. The van der Waals surface area contributed by atoms with E-state index in [0.29, 0.717) is 0 Å². The minimum absolute atomic E-state index is 0.390. The van der Waals surface area contributed by atoms with Crippen molar-refractivity contribution in [3.05, 3.63) is 0 Å². The van der Waals surface area contributed by atoms with Crippen LogP contribution in [0.2, 0.25) is 0 Å². The quantitative estimate of drug-likeness (QED) is 0.749. The summed E-state index contributed by atoms with van der Waals surface area (Å²) in [6.45, 7) is 8.77. The van der Waals surface area contributed by atoms with Crippen molar-refractivity contribution in [1.82, 2.24) is 10.2 Å². The summed E-state index contributed by atoms with van der Waals surface area (Å²) in [6, 6.07) is 2.38. The lowest BCUT2D eigenvalue weighted by atomic mass is 9.97. The van der Waals surface area contributed by atoms with E-state index in [1.807, 2.05) is 13.8 Å². The molecule has 1 fully saturated rings. The molecule has 1 unspecified atom stereocenters. The lowest BCUT2D eigenvalue weighted by Crippen LogP contribution is -2.43. The second-order valence-electron chi connectivity index (χ2n) is 5.54. The number of nitrogens with one attached hydrogen (secondary N) is 1. The maximum atomic E-state index is 9.20. The van der Waals surface area contributed by atoms with Crippen LogP contribution in [0, 0.1) is 17.2 Å². The summed E-state index contributed by atoms with van der Waals surface area (Å²) in [7, 11) is 2.15. The molecule has 0 aromatic carbocycles. The Morgan fingerprint density at radius 3 is 2.67 bits per heavy atom. The zero-order chi connectivity index (χ0) is 13.4. The molecule has 0 aromatic heterocycles. The summed E-state index contributed by atoms with van der Waals surface area (Å²) in [5.41, 5.74) is -0.390. The van der Waals surface area contributed by atoms with Crippen LogP contribution in [0.4, 0.5) is 0 Å². The fourth-order valence-electron chi connectivity index (χ4n) is 2.45. The second-order valence-corrected chi connectivity index (χ2v) is 5.54. The molecule has 1 saturated heterocycles. The molecule has 0 amide bonds. The van der Waals surface area contributed by atoms with Gasteiger partial charge in [-0.3, -0.25) is 5.32 Å². The monoisotopic (exact) mass is 253 g/mol. The highest BCUT2D eigenvalue weighted by molar-refractivity contribution is 5.03. The number of nitrogens with zero attached hydrogens (tertiary/aromatic N) is 2. The molecule has 18 heavy (non-hydrogen) atoms. The minimum Gasteiger partial charge on any atom is -0.381 e. The summed E-state index contributed by atoms with van der Waals surface area (Å²) < 4.78 is 5.37. The van der Waals surface area contributed by atoms with Crippen molar-refractivity contribution in [2.24, 2.45) is 5.92 Å². The van der Waals surface area contributed by atoms with Crippen molar-refractivity contribution < 1.29 is 4.74 Å². The van der Waals surface area contributed by atoms with E-state index < -0.39 is 5.54 Å². The maximum absolute atomic E-state index is 9.20. The van der Waals surface area contributed by atoms with Crippen LogP contribution in [0.5, 0.6) is 0 Å². The van der Waals surface area contributed by atoms with Crippen LogP contribution in [0.1, 0.15) is 33.1 Å². The molecule has 1 aliphatic rings. The van der Waals surface area contributed by atoms with E-state index in [1.165, 1.54) is 12.8 Å². The van der Waals surface area contributed by atoms with Gasteiger partial charge in [-0.15, -0.1) is 0 Å². The first-order chi connectivity index (χ1) is 8.59. The molecule has 0 aromatic rings. The third-order valence-electron chi connectivity index (χ3n) is 3.72. The summed E-state index contributed by atoms with van der Waals surface area (Å²) in [5, 5.41) is 12.5. The van der Waals surface area contributed by atoms with Gasteiger partial charge in [0.1, 0.15) is 5.54 Å². The number of hydrogen-bond donors (Lipinski definition) is 1. The third kappa shape index (κ3) is 5.34. The predicted molar refractivity (Wildman–Crippen MR) is 73.4 cm³/mol. The van der Waals surface area contributed by atoms with Crippen LogP contribution in [0.25, 0.3) is 0 Å². The first-order valence-corrected chi connectivity index (χ1v) is 7.02. The van der Waals surface area contributed by atoms with Crippen LogP contribution in [-0.4, -0.2) is 50.3 Å². The SMILES string of the molecule is CCNC(C)(C#N)CCN(C)CC1CCOCC1. The topological polar surface area (TPSA) is 48.3 Å². The lowest BCUT2D eigenvalue weighted by Gasteiger charge is -2.29. The maximum Gasteiger partial charge on any atom is 0.105 e. The molecule has 1 heterocycles. The van der Waals surface area contributed by atoms with Gasteiger partial charge in [0.15, 0.2) is 0 Å². The predicted octanol–water partition coefficient (Wildman–Crippen LogP) is 1.63. The van der Waals surface area contributed by atoms with Crippen molar-refractivity contribution in [2.75, 3.05) is 39.9 Å². The Kier molecular flexibility index (Phi) is 6.62. The second kappa shape index (κ2) is 7.73. The molecule has 1 atom stereocenters. The van der Waals surface area contributed by atoms with Crippen LogP contribution in [-0.2, 0) is 4.74 Å². The van der Waals surface area contributed by atoms with Crippen molar-refractivity contribution >= 4 is 0 Å². The van der Waals surface area contributed by atoms with Crippen LogP contribution in [0.15, 0.2) is 0 Å². The van der Waals surface area contributed by atoms with Gasteiger partial charge in [-0.2, -0.15) is 5.26 Å². The van der Waals surface area contributed by atoms with E-state index in [2.05, 4.69) is 23.3 Å². The minimum atomic E-state index is -0.390. The Bertz CT molecular complexity index is 271. The molecule has 4 heteroatoms. The van der Waals surface area contributed by atoms with Gasteiger partial charge in [-0.1, -0.05) is 6.92 Å². The molecule has 104 valence electrons. The normalized spacial score (nSPS) is 20.6. The van der Waals surface area contributed by atoms with Gasteiger partial charge in [0.05, 0.1) is 6.07 Å². The number of rotatable bonds is 7. The van der Waals surface area contributed by atoms with Gasteiger partial charge in [0.2, 0.25) is 0 Å². The van der Waals surface area contributed by atoms with Gasteiger partial charge >= 0.3 is 0 Å². The summed E-state index contributed by atoms with van der Waals surface area (Å²) in [6.07, 6.45) is 3.22. The Labute approximate surface area is 111 Å². The Morgan fingerprint density at radius 2 is 2.11 bits per heavy atom. The smallest absolute Gasteiger partial charge is 0.105 e. The van der Waals surface area contributed by atoms with E-state index in [1.54, 1.807) is 0 Å². The van der Waals surface area contributed by atoms with Gasteiger partial charge in [0.25, 0.3) is 0 Å². The van der Waals surface area contributed by atoms with E-state index in [0.717, 1.165) is 45.2 Å². The van der Waals surface area contributed by atoms with Crippen molar-refractivity contribution in [3.8, 4) is 6.07 Å².